The first-order valence-corrected chi connectivity index (χ1v) is 8.71. The summed E-state index contributed by atoms with van der Waals surface area (Å²) in [6, 6.07) is 2.94. The van der Waals surface area contributed by atoms with E-state index in [0.717, 1.165) is 25.7 Å². The van der Waals surface area contributed by atoms with Gasteiger partial charge in [-0.05, 0) is 43.1 Å². The van der Waals surface area contributed by atoms with Crippen molar-refractivity contribution in [1.82, 2.24) is 4.57 Å². The molecule has 5 heteroatoms. The third-order valence-corrected chi connectivity index (χ3v) is 4.93. The summed E-state index contributed by atoms with van der Waals surface area (Å²) < 4.78 is 12.1. The van der Waals surface area contributed by atoms with Gasteiger partial charge in [0.2, 0.25) is 0 Å². The van der Waals surface area contributed by atoms with E-state index in [9.17, 15) is 9.59 Å². The molecule has 0 atom stereocenters. The predicted octanol–water partition coefficient (Wildman–Crippen LogP) is 3.26. The van der Waals surface area contributed by atoms with Crippen LogP contribution in [0.2, 0.25) is 0 Å². The van der Waals surface area contributed by atoms with Crippen molar-refractivity contribution < 1.29 is 14.3 Å². The van der Waals surface area contributed by atoms with Crippen molar-refractivity contribution in [2.45, 2.75) is 59.1 Å². The molecule has 5 nitrogen and oxygen atoms in total. The van der Waals surface area contributed by atoms with Gasteiger partial charge in [0.25, 0.3) is 5.56 Å². The zero-order chi connectivity index (χ0) is 17.7. The van der Waals surface area contributed by atoms with Gasteiger partial charge in [-0.15, -0.1) is 0 Å². The molecule has 0 radical (unpaired) electrons. The van der Waals surface area contributed by atoms with Crippen LogP contribution in [-0.4, -0.2) is 30.4 Å². The Morgan fingerprint density at radius 2 is 1.88 bits per heavy atom. The number of hydrogen-bond donors (Lipinski definition) is 0. The van der Waals surface area contributed by atoms with Crippen molar-refractivity contribution in [2.75, 3.05) is 13.7 Å². The third-order valence-electron chi connectivity index (χ3n) is 4.93. The summed E-state index contributed by atoms with van der Waals surface area (Å²) in [5, 5.41) is 0. The van der Waals surface area contributed by atoms with E-state index >= 15 is 0 Å². The van der Waals surface area contributed by atoms with Gasteiger partial charge in [-0.2, -0.15) is 0 Å². The molecule has 0 aliphatic heterocycles. The molecule has 0 bridgehead atoms. The fourth-order valence-electron chi connectivity index (χ4n) is 3.28. The van der Waals surface area contributed by atoms with E-state index in [4.69, 9.17) is 9.47 Å². The molecule has 0 spiro atoms. The van der Waals surface area contributed by atoms with Gasteiger partial charge in [0.15, 0.2) is 0 Å². The van der Waals surface area contributed by atoms with Crippen molar-refractivity contribution in [1.29, 1.82) is 0 Å². The van der Waals surface area contributed by atoms with Gasteiger partial charge >= 0.3 is 5.97 Å². The molecule has 1 heterocycles. The monoisotopic (exact) mass is 335 g/mol. The number of methoxy groups -OCH3 is 1. The largest absolute Gasteiger partial charge is 0.459 e. The minimum atomic E-state index is -0.347. The highest BCUT2D eigenvalue weighted by Gasteiger charge is 2.31. The van der Waals surface area contributed by atoms with Crippen LogP contribution in [-0.2, 0) is 16.0 Å². The number of hydrogen-bond acceptors (Lipinski definition) is 4. The Morgan fingerprint density at radius 3 is 2.46 bits per heavy atom. The van der Waals surface area contributed by atoms with Gasteiger partial charge in [-0.3, -0.25) is 4.79 Å². The molecular weight excluding hydrogens is 306 g/mol. The number of aromatic nitrogens is 1. The second-order valence-corrected chi connectivity index (χ2v) is 7.69. The summed E-state index contributed by atoms with van der Waals surface area (Å²) >= 11 is 0. The highest BCUT2D eigenvalue weighted by atomic mass is 16.5. The number of pyridine rings is 1. The smallest absolute Gasteiger partial charge is 0.339 e. The maximum absolute atomic E-state index is 12.4. The zero-order valence-electron chi connectivity index (χ0n) is 15.2. The lowest BCUT2D eigenvalue weighted by Gasteiger charge is -2.36. The molecule has 1 aromatic heterocycles. The van der Waals surface area contributed by atoms with Crippen LogP contribution < -0.4 is 5.56 Å². The van der Waals surface area contributed by atoms with Crippen LogP contribution in [0, 0.1) is 11.3 Å². The molecule has 0 unspecified atom stereocenters. The Hall–Kier alpha value is -1.62. The maximum atomic E-state index is 12.4. The molecule has 0 N–H and O–H groups in total. The molecule has 134 valence electrons. The van der Waals surface area contributed by atoms with E-state index in [1.807, 2.05) is 0 Å². The molecule has 1 aliphatic carbocycles. The van der Waals surface area contributed by atoms with Gasteiger partial charge in [0.1, 0.15) is 6.10 Å². The van der Waals surface area contributed by atoms with Gasteiger partial charge in [-0.1, -0.05) is 20.8 Å². The van der Waals surface area contributed by atoms with Gasteiger partial charge < -0.3 is 14.0 Å². The molecular formula is C19H29NO4. The number of ether oxygens (including phenoxy) is 2. The average Bonchev–Trinajstić information content (AvgIpc) is 2.53. The second-order valence-electron chi connectivity index (χ2n) is 7.69. The highest BCUT2D eigenvalue weighted by molar-refractivity contribution is 5.89. The van der Waals surface area contributed by atoms with Gasteiger partial charge in [0.05, 0.1) is 12.2 Å². The predicted molar refractivity (Wildman–Crippen MR) is 93.2 cm³/mol. The lowest BCUT2D eigenvalue weighted by molar-refractivity contribution is 0.00918. The van der Waals surface area contributed by atoms with Gasteiger partial charge in [0, 0.05) is 25.9 Å². The number of rotatable bonds is 5. The Kier molecular flexibility index (Phi) is 6.21. The topological polar surface area (TPSA) is 57.5 Å². The van der Waals surface area contributed by atoms with E-state index in [2.05, 4.69) is 20.8 Å². The number of esters is 1. The molecule has 1 saturated carbocycles. The summed E-state index contributed by atoms with van der Waals surface area (Å²) in [5.74, 6) is 0.337. The second kappa shape index (κ2) is 7.97. The van der Waals surface area contributed by atoms with Crippen molar-refractivity contribution in [3.8, 4) is 0 Å². The number of nitrogens with zero attached hydrogens (tertiary/aromatic N) is 1. The summed E-state index contributed by atoms with van der Waals surface area (Å²) in [5.41, 5.74) is 0.587. The quantitative estimate of drug-likeness (QED) is 0.775. The van der Waals surface area contributed by atoms with Crippen LogP contribution in [0.1, 0.15) is 56.8 Å². The summed E-state index contributed by atoms with van der Waals surface area (Å²) in [7, 11) is 1.58. The molecule has 1 aliphatic rings. The fraction of sp³-hybridized carbons (Fsp3) is 0.684. The Balaban J connectivity index is 1.95. The summed E-state index contributed by atoms with van der Waals surface area (Å²) in [4.78, 5) is 24.1. The van der Waals surface area contributed by atoms with Crippen LogP contribution in [0.25, 0.3) is 0 Å². The van der Waals surface area contributed by atoms with Crippen LogP contribution in [0.3, 0.4) is 0 Å². The molecule has 0 saturated heterocycles. The standard InChI is InChI=1S/C19H29NO4/c1-19(2,3)15-6-8-16(9-7-15)24-18(22)14-5-10-17(21)20(13-14)11-12-23-4/h5,10,13,15-16H,6-9,11-12H2,1-4H3. The first kappa shape index (κ1) is 18.7. The summed E-state index contributed by atoms with van der Waals surface area (Å²) in [6.07, 6.45) is 5.55. The van der Waals surface area contributed by atoms with Crippen LogP contribution in [0.4, 0.5) is 0 Å². The Bertz CT molecular complexity index is 607. The van der Waals surface area contributed by atoms with Crippen molar-refractivity contribution in [3.63, 3.8) is 0 Å². The van der Waals surface area contributed by atoms with E-state index in [1.165, 1.54) is 16.7 Å². The third kappa shape index (κ3) is 4.94. The lowest BCUT2D eigenvalue weighted by Crippen LogP contribution is -2.30. The van der Waals surface area contributed by atoms with Crippen LogP contribution in [0.15, 0.2) is 23.1 Å². The normalized spacial score (nSPS) is 21.5. The van der Waals surface area contributed by atoms with Gasteiger partial charge in [-0.25, -0.2) is 4.79 Å². The molecule has 1 fully saturated rings. The molecule has 0 aromatic carbocycles. The summed E-state index contributed by atoms with van der Waals surface area (Å²) in [6.45, 7) is 7.66. The Labute approximate surface area is 144 Å². The lowest BCUT2D eigenvalue weighted by atomic mass is 9.72. The van der Waals surface area contributed by atoms with E-state index < -0.39 is 0 Å². The van der Waals surface area contributed by atoms with Crippen LogP contribution >= 0.6 is 0 Å². The van der Waals surface area contributed by atoms with Crippen molar-refractivity contribution >= 4 is 5.97 Å². The average molecular weight is 335 g/mol. The minimum absolute atomic E-state index is 0.0181. The SMILES string of the molecule is COCCn1cc(C(=O)OC2CCC(C(C)(C)C)CC2)ccc1=O. The Morgan fingerprint density at radius 1 is 1.21 bits per heavy atom. The molecule has 0 amide bonds. The maximum Gasteiger partial charge on any atom is 0.339 e. The molecule has 1 aromatic rings. The zero-order valence-corrected chi connectivity index (χ0v) is 15.2. The molecule has 24 heavy (non-hydrogen) atoms. The van der Waals surface area contributed by atoms with Crippen molar-refractivity contribution in [2.24, 2.45) is 11.3 Å². The number of carbonyl (C=O) groups is 1. The first-order chi connectivity index (χ1) is 11.3. The molecule has 2 rings (SSSR count). The minimum Gasteiger partial charge on any atom is -0.459 e. The fourth-order valence-corrected chi connectivity index (χ4v) is 3.28. The highest BCUT2D eigenvalue weighted by Crippen LogP contribution is 2.38. The van der Waals surface area contributed by atoms with Crippen LogP contribution in [0.5, 0.6) is 0 Å². The van der Waals surface area contributed by atoms with E-state index in [-0.39, 0.29) is 17.6 Å². The first-order valence-electron chi connectivity index (χ1n) is 8.71. The van der Waals surface area contributed by atoms with Crippen molar-refractivity contribution in [3.05, 3.63) is 34.2 Å². The van der Waals surface area contributed by atoms with E-state index in [0.29, 0.717) is 30.0 Å². The van der Waals surface area contributed by atoms with E-state index in [1.54, 1.807) is 13.3 Å². The number of carbonyl (C=O) groups excluding carboxylic acids is 1.